The number of fused-ring (bicyclic) bond motifs is 1. The van der Waals surface area contributed by atoms with Crippen LogP contribution < -0.4 is 9.64 Å². The number of benzene rings is 1. The third kappa shape index (κ3) is 4.93. The second-order valence-electron chi connectivity index (χ2n) is 9.80. The lowest BCUT2D eigenvalue weighted by molar-refractivity contribution is -0.555. The van der Waals surface area contributed by atoms with E-state index in [0.29, 0.717) is 30.8 Å². The van der Waals surface area contributed by atoms with Crippen LogP contribution in [0.2, 0.25) is 0 Å². The summed E-state index contributed by atoms with van der Waals surface area (Å²) in [5, 5.41) is 19.8. The van der Waals surface area contributed by atoms with Gasteiger partial charge in [-0.15, -0.1) is 0 Å². The topological polar surface area (TPSA) is 110 Å². The number of nitrogens with zero attached hydrogens (tertiary/aromatic N) is 3. The molecule has 10 heteroatoms. The average molecular weight is 479 g/mol. The van der Waals surface area contributed by atoms with Crippen LogP contribution in [-0.2, 0) is 9.59 Å². The monoisotopic (exact) mass is 478 g/mol. The minimum absolute atomic E-state index is 0.0899. The molecule has 3 aliphatic rings. The standard InChI is InChI=1S/C24H33FN3O6/c1-14(2)34-22-6-5-15(25)10-19(22)27-9-8-26(33)13-16(27)4-3-7-28-23(31)17-11-20(29)21(30)12-18(17)24(28)32/h5-6,10,14,16-18,20-21,29-30H,3-4,7-9,11-13H2,1-2H3/q+1. The van der Waals surface area contributed by atoms with E-state index in [2.05, 4.69) is 0 Å². The van der Waals surface area contributed by atoms with Gasteiger partial charge in [0.1, 0.15) is 11.6 Å². The van der Waals surface area contributed by atoms with Crippen LogP contribution in [0.1, 0.15) is 39.5 Å². The van der Waals surface area contributed by atoms with Crippen LogP contribution in [0.25, 0.3) is 0 Å². The number of hydrogen-bond donors (Lipinski definition) is 2. The van der Waals surface area contributed by atoms with E-state index in [1.165, 1.54) is 17.0 Å². The van der Waals surface area contributed by atoms with Gasteiger partial charge in [-0.25, -0.2) is 4.39 Å². The lowest BCUT2D eigenvalue weighted by atomic mass is 9.78. The van der Waals surface area contributed by atoms with Crippen LogP contribution in [-0.4, -0.2) is 82.2 Å². The van der Waals surface area contributed by atoms with Crippen molar-refractivity contribution in [1.29, 1.82) is 0 Å². The van der Waals surface area contributed by atoms with Crippen LogP contribution in [0, 0.1) is 22.6 Å². The fourth-order valence-electron chi connectivity index (χ4n) is 5.38. The number of rotatable bonds is 7. The van der Waals surface area contributed by atoms with E-state index in [1.54, 1.807) is 6.07 Å². The molecule has 0 aromatic heterocycles. The Kier molecular flexibility index (Phi) is 7.18. The van der Waals surface area contributed by atoms with Gasteiger partial charge < -0.3 is 19.8 Å². The van der Waals surface area contributed by atoms with Gasteiger partial charge in [-0.2, -0.15) is 0 Å². The Morgan fingerprint density at radius 3 is 2.41 bits per heavy atom. The number of amides is 2. The maximum Gasteiger partial charge on any atom is 0.233 e. The number of imide groups is 1. The van der Waals surface area contributed by atoms with Crippen molar-refractivity contribution in [1.82, 2.24) is 4.90 Å². The highest BCUT2D eigenvalue weighted by atomic mass is 19.1. The molecule has 2 N–H and O–H groups in total. The lowest BCUT2D eigenvalue weighted by Crippen LogP contribution is -2.50. The molecule has 1 aliphatic carbocycles. The third-order valence-corrected chi connectivity index (χ3v) is 7.04. The van der Waals surface area contributed by atoms with Crippen LogP contribution in [0.5, 0.6) is 5.75 Å². The molecule has 5 atom stereocenters. The van der Waals surface area contributed by atoms with E-state index < -0.39 is 29.9 Å². The first-order chi connectivity index (χ1) is 16.2. The van der Waals surface area contributed by atoms with E-state index in [1.807, 2.05) is 18.7 Å². The second-order valence-corrected chi connectivity index (χ2v) is 9.80. The smallest absolute Gasteiger partial charge is 0.233 e. The van der Waals surface area contributed by atoms with Gasteiger partial charge in [0.25, 0.3) is 0 Å². The van der Waals surface area contributed by atoms with Crippen LogP contribution in [0.15, 0.2) is 18.2 Å². The lowest BCUT2D eigenvalue weighted by Gasteiger charge is -2.35. The zero-order valence-electron chi connectivity index (χ0n) is 19.6. The summed E-state index contributed by atoms with van der Waals surface area (Å²) in [4.78, 5) is 41.0. The van der Waals surface area contributed by atoms with Crippen molar-refractivity contribution >= 4 is 17.5 Å². The highest BCUT2D eigenvalue weighted by Gasteiger charge is 2.52. The highest BCUT2D eigenvalue weighted by Crippen LogP contribution is 2.39. The van der Waals surface area contributed by atoms with E-state index in [9.17, 15) is 29.1 Å². The SMILES string of the molecule is CC(C)Oc1ccc(F)cc1N1CC[N+](=O)CC1CCCN1C(=O)C2CC(O)C(O)CC2C1=O. The summed E-state index contributed by atoms with van der Waals surface area (Å²) < 4.78 is 21.0. The molecule has 3 fully saturated rings. The normalized spacial score (nSPS) is 29.7. The molecule has 4 rings (SSSR count). The van der Waals surface area contributed by atoms with Gasteiger partial charge in [-0.05, 0) is 51.7 Å². The molecule has 2 aliphatic heterocycles. The highest BCUT2D eigenvalue weighted by molar-refractivity contribution is 6.05. The van der Waals surface area contributed by atoms with Gasteiger partial charge in [-0.3, -0.25) is 14.5 Å². The molecule has 0 radical (unpaired) electrons. The first-order valence-electron chi connectivity index (χ1n) is 12.0. The van der Waals surface area contributed by atoms with Crippen molar-refractivity contribution in [2.75, 3.05) is 31.1 Å². The average Bonchev–Trinajstić information content (AvgIpc) is 2.99. The third-order valence-electron chi connectivity index (χ3n) is 7.04. The Labute approximate surface area is 198 Å². The molecule has 1 aromatic carbocycles. The molecule has 186 valence electrons. The molecule has 0 spiro atoms. The molecule has 0 bridgehead atoms. The van der Waals surface area contributed by atoms with Crippen LogP contribution >= 0.6 is 0 Å². The van der Waals surface area contributed by atoms with Gasteiger partial charge in [-0.1, -0.05) is 0 Å². The molecule has 2 saturated heterocycles. The summed E-state index contributed by atoms with van der Waals surface area (Å²) in [5.74, 6) is -1.62. The number of hydrogen-bond acceptors (Lipinski definition) is 7. The number of aliphatic hydroxyl groups excluding tert-OH is 2. The van der Waals surface area contributed by atoms with Crippen molar-refractivity contribution in [3.8, 4) is 5.75 Å². The number of aliphatic hydroxyl groups is 2. The summed E-state index contributed by atoms with van der Waals surface area (Å²) in [6.45, 7) is 4.90. The van der Waals surface area contributed by atoms with E-state index in [-0.39, 0.29) is 56.4 Å². The molecule has 5 unspecified atom stereocenters. The Balaban J connectivity index is 1.44. The van der Waals surface area contributed by atoms with E-state index >= 15 is 0 Å². The first kappa shape index (κ1) is 24.5. The maximum absolute atomic E-state index is 14.1. The molecule has 2 amide bonds. The van der Waals surface area contributed by atoms with Crippen molar-refractivity contribution in [2.24, 2.45) is 11.8 Å². The number of carbonyl (C=O) groups is 2. The number of likely N-dealkylation sites (tertiary alicyclic amines) is 1. The number of anilines is 1. The number of piperazine rings is 1. The minimum Gasteiger partial charge on any atom is -0.489 e. The number of carbonyl (C=O) groups excluding carboxylic acids is 2. The molecule has 1 saturated carbocycles. The van der Waals surface area contributed by atoms with Gasteiger partial charge in [0.15, 0.2) is 0 Å². The number of ether oxygens (including phenoxy) is 1. The second kappa shape index (κ2) is 9.95. The van der Waals surface area contributed by atoms with Gasteiger partial charge in [0, 0.05) is 22.3 Å². The predicted octanol–water partition coefficient (Wildman–Crippen LogP) is 1.48. The zero-order chi connectivity index (χ0) is 24.6. The molecular weight excluding hydrogens is 445 g/mol. The Morgan fingerprint density at radius 2 is 1.79 bits per heavy atom. The summed E-state index contributed by atoms with van der Waals surface area (Å²) in [7, 11) is 0. The van der Waals surface area contributed by atoms with Gasteiger partial charge >= 0.3 is 0 Å². The van der Waals surface area contributed by atoms with Crippen molar-refractivity contribution in [3.05, 3.63) is 28.9 Å². The minimum atomic E-state index is -0.995. The van der Waals surface area contributed by atoms with Crippen molar-refractivity contribution < 1.29 is 33.7 Å². The fraction of sp³-hybridized carbons (Fsp3) is 0.667. The predicted molar refractivity (Wildman–Crippen MR) is 121 cm³/mol. The Hall–Kier alpha value is -2.59. The van der Waals surface area contributed by atoms with Crippen molar-refractivity contribution in [3.63, 3.8) is 0 Å². The quantitative estimate of drug-likeness (QED) is 0.451. The first-order valence-corrected chi connectivity index (χ1v) is 12.0. The maximum atomic E-state index is 14.1. The summed E-state index contributed by atoms with van der Waals surface area (Å²) in [5.41, 5.74) is 0.592. The van der Waals surface area contributed by atoms with Crippen LogP contribution in [0.4, 0.5) is 10.1 Å². The molecule has 9 nitrogen and oxygen atoms in total. The number of nitroso groups, excluding NO2 is 1. The van der Waals surface area contributed by atoms with E-state index in [0.717, 1.165) is 4.76 Å². The zero-order valence-corrected chi connectivity index (χ0v) is 19.6. The largest absolute Gasteiger partial charge is 0.489 e. The molecule has 34 heavy (non-hydrogen) atoms. The fourth-order valence-corrected chi connectivity index (χ4v) is 5.38. The van der Waals surface area contributed by atoms with Crippen molar-refractivity contribution in [2.45, 2.75) is 63.9 Å². The Bertz CT molecular complexity index is 929. The Morgan fingerprint density at radius 1 is 1.15 bits per heavy atom. The molecule has 1 aromatic rings. The summed E-state index contributed by atoms with van der Waals surface area (Å²) in [6, 6.07) is 4.12. The van der Waals surface area contributed by atoms with E-state index in [4.69, 9.17) is 4.74 Å². The molecule has 2 heterocycles. The number of halogens is 1. The van der Waals surface area contributed by atoms with Gasteiger partial charge in [0.2, 0.25) is 24.9 Å². The molecular formula is C24H33FN3O6+. The van der Waals surface area contributed by atoms with Gasteiger partial charge in [0.05, 0.1) is 48.4 Å². The summed E-state index contributed by atoms with van der Waals surface area (Å²) in [6.07, 6.45) is -0.910. The van der Waals surface area contributed by atoms with Crippen LogP contribution in [0.3, 0.4) is 0 Å². The summed E-state index contributed by atoms with van der Waals surface area (Å²) >= 11 is 0.